The Hall–Kier alpha value is -1.97. The van der Waals surface area contributed by atoms with E-state index in [-0.39, 0.29) is 10.8 Å². The fourth-order valence-electron chi connectivity index (χ4n) is 2.98. The van der Waals surface area contributed by atoms with Crippen LogP contribution in [0.3, 0.4) is 0 Å². The van der Waals surface area contributed by atoms with E-state index in [1.165, 1.54) is 28.0 Å². The molecular formula is C18H19N5OS3. The van der Waals surface area contributed by atoms with Gasteiger partial charge in [0.15, 0.2) is 5.16 Å². The summed E-state index contributed by atoms with van der Waals surface area (Å²) in [6, 6.07) is 1.88. The topological polar surface area (TPSA) is 86.7 Å². The smallest absolute Gasteiger partial charge is 0.272 e. The highest BCUT2D eigenvalue weighted by Gasteiger charge is 2.20. The first-order valence-corrected chi connectivity index (χ1v) is 11.2. The second kappa shape index (κ2) is 6.88. The van der Waals surface area contributed by atoms with E-state index < -0.39 is 0 Å². The second-order valence-corrected chi connectivity index (χ2v) is 9.70. The van der Waals surface area contributed by atoms with Crippen molar-refractivity contribution in [1.82, 2.24) is 19.5 Å². The zero-order valence-electron chi connectivity index (χ0n) is 15.4. The normalized spacial score (nSPS) is 12.9. The van der Waals surface area contributed by atoms with Crippen LogP contribution in [0.5, 0.6) is 0 Å². The lowest BCUT2D eigenvalue weighted by molar-refractivity contribution is 0.634. The number of anilines is 1. The maximum Gasteiger partial charge on any atom is 0.272 e. The maximum atomic E-state index is 12.7. The molecule has 2 N–H and O–H groups in total. The fraction of sp³-hybridized carbons (Fsp3) is 0.333. The minimum atomic E-state index is -0.0832. The average molecular weight is 418 g/mol. The summed E-state index contributed by atoms with van der Waals surface area (Å²) in [6.45, 7) is 8.65. The summed E-state index contributed by atoms with van der Waals surface area (Å²) < 4.78 is 2.40. The van der Waals surface area contributed by atoms with Crippen LogP contribution < -0.4 is 11.3 Å². The molecule has 140 valence electrons. The van der Waals surface area contributed by atoms with Crippen LogP contribution in [-0.2, 0) is 6.54 Å². The molecule has 4 aromatic heterocycles. The molecule has 27 heavy (non-hydrogen) atoms. The van der Waals surface area contributed by atoms with Gasteiger partial charge >= 0.3 is 0 Å². The van der Waals surface area contributed by atoms with E-state index in [1.807, 2.05) is 32.2 Å². The van der Waals surface area contributed by atoms with Crippen molar-refractivity contribution < 1.29 is 0 Å². The lowest BCUT2D eigenvalue weighted by Crippen LogP contribution is -2.21. The van der Waals surface area contributed by atoms with Crippen molar-refractivity contribution in [3.8, 4) is 0 Å². The molecular weight excluding hydrogens is 398 g/mol. The molecule has 0 spiro atoms. The lowest BCUT2D eigenvalue weighted by atomic mass is 10.2. The van der Waals surface area contributed by atoms with Crippen LogP contribution in [0.25, 0.3) is 20.4 Å². The standard InChI is InChI=1S/C18H19N5OS3/c1-5-23-17(24)13-11(6-7-25-13)20-18(23)27-10(4)15-21-14(19)12-8(2)9(3)26-16(12)22-15/h6-7,10H,5H2,1-4H3,(H2,19,21,22). The van der Waals surface area contributed by atoms with Crippen molar-refractivity contribution in [2.45, 2.75) is 44.6 Å². The van der Waals surface area contributed by atoms with Crippen LogP contribution in [0.2, 0.25) is 0 Å². The number of thioether (sulfide) groups is 1. The highest BCUT2D eigenvalue weighted by Crippen LogP contribution is 2.37. The van der Waals surface area contributed by atoms with Crippen molar-refractivity contribution in [3.05, 3.63) is 38.1 Å². The lowest BCUT2D eigenvalue weighted by Gasteiger charge is -2.14. The highest BCUT2D eigenvalue weighted by atomic mass is 32.2. The van der Waals surface area contributed by atoms with E-state index in [0.717, 1.165) is 21.3 Å². The Morgan fingerprint density at radius 2 is 2.07 bits per heavy atom. The molecule has 4 aromatic rings. The molecule has 9 heteroatoms. The Labute approximate surface area is 168 Å². The van der Waals surface area contributed by atoms with E-state index >= 15 is 0 Å². The monoisotopic (exact) mass is 417 g/mol. The molecule has 0 aliphatic carbocycles. The molecule has 0 saturated heterocycles. The molecule has 0 saturated carbocycles. The molecule has 0 radical (unpaired) electrons. The van der Waals surface area contributed by atoms with Crippen LogP contribution in [0.1, 0.15) is 35.4 Å². The van der Waals surface area contributed by atoms with E-state index in [0.29, 0.717) is 28.0 Å². The third-order valence-electron chi connectivity index (χ3n) is 4.57. The third kappa shape index (κ3) is 3.03. The van der Waals surface area contributed by atoms with Gasteiger partial charge in [-0.15, -0.1) is 22.7 Å². The Morgan fingerprint density at radius 1 is 1.30 bits per heavy atom. The van der Waals surface area contributed by atoms with Crippen molar-refractivity contribution in [2.75, 3.05) is 5.73 Å². The molecule has 1 atom stereocenters. The Morgan fingerprint density at radius 3 is 2.81 bits per heavy atom. The van der Waals surface area contributed by atoms with Crippen LogP contribution in [0.4, 0.5) is 5.82 Å². The summed E-state index contributed by atoms with van der Waals surface area (Å²) >= 11 is 4.55. The van der Waals surface area contributed by atoms with E-state index in [9.17, 15) is 4.79 Å². The van der Waals surface area contributed by atoms with Crippen molar-refractivity contribution in [2.24, 2.45) is 0 Å². The van der Waals surface area contributed by atoms with Gasteiger partial charge in [0.1, 0.15) is 21.2 Å². The van der Waals surface area contributed by atoms with Gasteiger partial charge in [-0.25, -0.2) is 15.0 Å². The summed E-state index contributed by atoms with van der Waals surface area (Å²) in [5, 5.41) is 3.44. The quantitative estimate of drug-likeness (QED) is 0.388. The zero-order valence-corrected chi connectivity index (χ0v) is 17.9. The number of aromatic nitrogens is 4. The minimum Gasteiger partial charge on any atom is -0.383 e. The maximum absolute atomic E-state index is 12.7. The van der Waals surface area contributed by atoms with Crippen molar-refractivity contribution >= 4 is 60.7 Å². The number of hydrogen-bond acceptors (Lipinski definition) is 8. The summed E-state index contributed by atoms with van der Waals surface area (Å²) in [5.74, 6) is 1.17. The third-order valence-corrected chi connectivity index (χ3v) is 7.65. The number of nitrogens with zero attached hydrogens (tertiary/aromatic N) is 4. The van der Waals surface area contributed by atoms with E-state index in [1.54, 1.807) is 15.9 Å². The summed E-state index contributed by atoms with van der Waals surface area (Å²) in [7, 11) is 0. The van der Waals surface area contributed by atoms with Gasteiger partial charge in [-0.3, -0.25) is 9.36 Å². The minimum absolute atomic E-state index is 0.00703. The molecule has 0 aromatic carbocycles. The molecule has 0 fully saturated rings. The molecule has 4 rings (SSSR count). The second-order valence-electron chi connectivity index (χ2n) is 6.27. The van der Waals surface area contributed by atoms with E-state index in [2.05, 4.69) is 16.9 Å². The van der Waals surface area contributed by atoms with Crippen LogP contribution in [0.15, 0.2) is 21.4 Å². The molecule has 0 amide bonds. The number of thiophene rings is 2. The van der Waals surface area contributed by atoms with Gasteiger partial charge in [0.2, 0.25) is 0 Å². The summed E-state index contributed by atoms with van der Waals surface area (Å²) in [4.78, 5) is 28.8. The number of nitrogens with two attached hydrogens (primary N) is 1. The van der Waals surface area contributed by atoms with Crippen LogP contribution in [0, 0.1) is 13.8 Å². The fourth-order valence-corrected chi connectivity index (χ4v) is 5.82. The number of hydrogen-bond donors (Lipinski definition) is 1. The van der Waals surface area contributed by atoms with Crippen LogP contribution >= 0.6 is 34.4 Å². The summed E-state index contributed by atoms with van der Waals surface area (Å²) in [5.41, 5.74) is 8.11. The van der Waals surface area contributed by atoms with Gasteiger partial charge in [0.25, 0.3) is 5.56 Å². The van der Waals surface area contributed by atoms with Gasteiger partial charge < -0.3 is 5.73 Å². The van der Waals surface area contributed by atoms with Gasteiger partial charge in [-0.1, -0.05) is 11.8 Å². The molecule has 4 heterocycles. The first-order chi connectivity index (χ1) is 12.9. The number of fused-ring (bicyclic) bond motifs is 2. The Bertz CT molecular complexity index is 1220. The largest absolute Gasteiger partial charge is 0.383 e. The average Bonchev–Trinajstić information content (AvgIpc) is 3.20. The first kappa shape index (κ1) is 18.4. The van der Waals surface area contributed by atoms with Crippen molar-refractivity contribution in [1.29, 1.82) is 0 Å². The SMILES string of the molecule is CCn1c(SC(C)c2nc(N)c3c(C)c(C)sc3n2)nc2ccsc2c1=O. The van der Waals surface area contributed by atoms with Gasteiger partial charge in [0, 0.05) is 11.4 Å². The summed E-state index contributed by atoms with van der Waals surface area (Å²) in [6.07, 6.45) is 0. The molecule has 1 unspecified atom stereocenters. The Balaban J connectivity index is 1.76. The van der Waals surface area contributed by atoms with Crippen LogP contribution in [-0.4, -0.2) is 19.5 Å². The number of nitrogen functional groups attached to an aromatic ring is 1. The van der Waals surface area contributed by atoms with E-state index in [4.69, 9.17) is 10.7 Å². The van der Waals surface area contributed by atoms with Gasteiger partial charge in [0.05, 0.1) is 16.2 Å². The molecule has 6 nitrogen and oxygen atoms in total. The zero-order chi connectivity index (χ0) is 19.3. The number of aryl methyl sites for hydroxylation is 2. The predicted octanol–water partition coefficient (Wildman–Crippen LogP) is 4.53. The van der Waals surface area contributed by atoms with Gasteiger partial charge in [-0.2, -0.15) is 0 Å². The molecule has 0 aliphatic rings. The van der Waals surface area contributed by atoms with Crippen molar-refractivity contribution in [3.63, 3.8) is 0 Å². The Kier molecular flexibility index (Phi) is 4.69. The molecule has 0 aliphatic heterocycles. The predicted molar refractivity (Wildman–Crippen MR) is 115 cm³/mol. The first-order valence-electron chi connectivity index (χ1n) is 8.58. The highest BCUT2D eigenvalue weighted by molar-refractivity contribution is 7.99. The number of rotatable bonds is 4. The van der Waals surface area contributed by atoms with Gasteiger partial charge in [-0.05, 0) is 44.7 Å². The molecule has 0 bridgehead atoms.